The molecule has 0 unspecified atom stereocenters. The predicted molar refractivity (Wildman–Crippen MR) is 53.4 cm³/mol. The van der Waals surface area contributed by atoms with Crippen LogP contribution in [0.2, 0.25) is 0 Å². The number of fused-ring (bicyclic) bond motifs is 1. The summed E-state index contributed by atoms with van der Waals surface area (Å²) >= 11 is 0. The van der Waals surface area contributed by atoms with Crippen molar-refractivity contribution >= 4 is 17.1 Å². The topological polar surface area (TPSA) is 170 Å². The van der Waals surface area contributed by atoms with Gasteiger partial charge in [0.1, 0.15) is 5.52 Å². The highest BCUT2D eigenvalue weighted by Crippen LogP contribution is 1.92. The van der Waals surface area contributed by atoms with Crippen molar-refractivity contribution in [2.75, 3.05) is 0 Å². The van der Waals surface area contributed by atoms with Gasteiger partial charge in [-0.15, -0.1) is 0 Å². The van der Waals surface area contributed by atoms with Gasteiger partial charge in [0.05, 0.1) is 6.33 Å². The van der Waals surface area contributed by atoms with Crippen molar-refractivity contribution in [3.05, 3.63) is 27.2 Å². The number of aromatic amines is 3. The van der Waals surface area contributed by atoms with Gasteiger partial charge >= 0.3 is 5.69 Å². The lowest BCUT2D eigenvalue weighted by Crippen LogP contribution is -2.21. The molecule has 80 valence electrons. The molecule has 0 amide bonds. The van der Waals surface area contributed by atoms with Crippen molar-refractivity contribution < 1.29 is 0 Å². The van der Waals surface area contributed by atoms with Crippen molar-refractivity contribution in [3.63, 3.8) is 0 Å². The lowest BCUT2D eigenvalue weighted by Gasteiger charge is -1.83. The SMILES string of the molecule is N=C(N)N.O=c1[nH]c(=O)c2[nH]cnc2[nH]1. The Balaban J connectivity index is 0.000000245. The van der Waals surface area contributed by atoms with Gasteiger partial charge in [-0.05, 0) is 0 Å². The first kappa shape index (κ1) is 10.5. The Morgan fingerprint density at radius 2 is 1.93 bits per heavy atom. The molecule has 2 heterocycles. The number of nitrogens with zero attached hydrogens (tertiary/aromatic N) is 1. The van der Waals surface area contributed by atoms with Gasteiger partial charge in [0.15, 0.2) is 11.6 Å². The van der Waals surface area contributed by atoms with Crippen LogP contribution in [0.5, 0.6) is 0 Å². The van der Waals surface area contributed by atoms with E-state index in [1.54, 1.807) is 0 Å². The van der Waals surface area contributed by atoms with Crippen molar-refractivity contribution in [1.82, 2.24) is 19.9 Å². The smallest absolute Gasteiger partial charge is 0.327 e. The number of imidazole rings is 1. The van der Waals surface area contributed by atoms with Crippen LogP contribution < -0.4 is 22.7 Å². The Labute approximate surface area is 82.0 Å². The molecule has 0 aromatic carbocycles. The van der Waals surface area contributed by atoms with Gasteiger partial charge in [-0.1, -0.05) is 0 Å². The van der Waals surface area contributed by atoms with Crippen molar-refractivity contribution in [1.29, 1.82) is 5.41 Å². The van der Waals surface area contributed by atoms with Gasteiger partial charge in [-0.2, -0.15) is 0 Å². The molecule has 0 atom stereocenters. The zero-order valence-electron chi connectivity index (χ0n) is 7.50. The molecular weight excluding hydrogens is 202 g/mol. The van der Waals surface area contributed by atoms with Crippen LogP contribution in [0.25, 0.3) is 11.2 Å². The normalized spacial score (nSPS) is 9.33. The van der Waals surface area contributed by atoms with Gasteiger partial charge < -0.3 is 16.5 Å². The van der Waals surface area contributed by atoms with E-state index in [0.29, 0.717) is 0 Å². The maximum atomic E-state index is 10.9. The molecule has 8 N–H and O–H groups in total. The van der Waals surface area contributed by atoms with Crippen LogP contribution in [0.1, 0.15) is 0 Å². The van der Waals surface area contributed by atoms with Gasteiger partial charge in [0, 0.05) is 0 Å². The summed E-state index contributed by atoms with van der Waals surface area (Å²) in [5.74, 6) is -0.333. The van der Waals surface area contributed by atoms with Crippen LogP contribution in [0, 0.1) is 5.41 Å². The summed E-state index contributed by atoms with van der Waals surface area (Å²) in [6, 6.07) is 0. The third kappa shape index (κ3) is 2.69. The minimum absolute atomic E-state index is 0.277. The molecular formula is C6H9N7O2. The van der Waals surface area contributed by atoms with Crippen LogP contribution in [0.4, 0.5) is 0 Å². The second-order valence-corrected chi connectivity index (χ2v) is 2.49. The fourth-order valence-corrected chi connectivity index (χ4v) is 0.867. The highest BCUT2D eigenvalue weighted by molar-refractivity contribution is 5.71. The number of hydrogen-bond donors (Lipinski definition) is 6. The lowest BCUT2D eigenvalue weighted by molar-refractivity contribution is 1.07. The van der Waals surface area contributed by atoms with Crippen LogP contribution >= 0.6 is 0 Å². The fraction of sp³-hybridized carbons (Fsp3) is 0. The maximum absolute atomic E-state index is 10.9. The van der Waals surface area contributed by atoms with E-state index >= 15 is 0 Å². The number of aromatic nitrogens is 4. The van der Waals surface area contributed by atoms with E-state index in [4.69, 9.17) is 5.41 Å². The maximum Gasteiger partial charge on any atom is 0.327 e. The Hall–Kier alpha value is -2.58. The minimum Gasteiger partial charge on any atom is -0.370 e. The largest absolute Gasteiger partial charge is 0.370 e. The number of H-pyrrole nitrogens is 3. The lowest BCUT2D eigenvalue weighted by atomic mass is 10.5. The molecule has 0 fully saturated rings. The second-order valence-electron chi connectivity index (χ2n) is 2.49. The van der Waals surface area contributed by atoms with Crippen molar-refractivity contribution in [2.45, 2.75) is 0 Å². The first-order chi connectivity index (χ1) is 7.00. The van der Waals surface area contributed by atoms with Crippen LogP contribution in [0.15, 0.2) is 15.9 Å². The molecule has 0 spiro atoms. The monoisotopic (exact) mass is 211 g/mol. The summed E-state index contributed by atoms with van der Waals surface area (Å²) in [4.78, 5) is 32.3. The van der Waals surface area contributed by atoms with Gasteiger partial charge in [0.2, 0.25) is 0 Å². The Kier molecular flexibility index (Phi) is 2.86. The zero-order valence-corrected chi connectivity index (χ0v) is 7.50. The van der Waals surface area contributed by atoms with Crippen LogP contribution in [0.3, 0.4) is 0 Å². The van der Waals surface area contributed by atoms with E-state index in [0.717, 1.165) is 0 Å². The summed E-state index contributed by atoms with van der Waals surface area (Å²) in [6.45, 7) is 0. The summed E-state index contributed by atoms with van der Waals surface area (Å²) in [7, 11) is 0. The molecule has 15 heavy (non-hydrogen) atoms. The number of rotatable bonds is 0. The predicted octanol–water partition coefficient (Wildman–Crippen LogP) is -2.22. The Bertz CT molecular complexity index is 573. The molecule has 0 radical (unpaired) electrons. The molecule has 0 saturated heterocycles. The van der Waals surface area contributed by atoms with E-state index < -0.39 is 11.2 Å². The first-order valence-corrected chi connectivity index (χ1v) is 3.76. The first-order valence-electron chi connectivity index (χ1n) is 3.76. The summed E-state index contributed by atoms with van der Waals surface area (Å²) < 4.78 is 0. The summed E-state index contributed by atoms with van der Waals surface area (Å²) in [5, 5.41) is 6.06. The summed E-state index contributed by atoms with van der Waals surface area (Å²) in [6.07, 6.45) is 1.34. The Morgan fingerprint density at radius 3 is 2.53 bits per heavy atom. The molecule has 9 nitrogen and oxygen atoms in total. The average Bonchev–Trinajstić information content (AvgIpc) is 2.50. The highest BCUT2D eigenvalue weighted by Gasteiger charge is 1.99. The molecule has 0 aliphatic rings. The molecule has 0 aliphatic heterocycles. The summed E-state index contributed by atoms with van der Waals surface area (Å²) in [5.41, 5.74) is 8.50. The second kappa shape index (κ2) is 4.09. The van der Waals surface area contributed by atoms with E-state index in [-0.39, 0.29) is 17.1 Å². The molecule has 2 aromatic heterocycles. The van der Waals surface area contributed by atoms with Crippen LogP contribution in [-0.2, 0) is 0 Å². The number of guanidine groups is 1. The average molecular weight is 211 g/mol. The standard InChI is InChI=1S/C5H4N4O2.CH5N3/c10-4-2-3(7-1-6-2)8-5(11)9-4;2-1(3)4/h1H,(H3,6,7,8,9,10,11);(H5,2,3,4). The van der Waals surface area contributed by atoms with Crippen LogP contribution in [-0.4, -0.2) is 25.9 Å². The zero-order chi connectivity index (χ0) is 11.4. The van der Waals surface area contributed by atoms with E-state index in [1.165, 1.54) is 6.33 Å². The number of nitrogens with two attached hydrogens (primary N) is 2. The van der Waals surface area contributed by atoms with E-state index in [1.807, 2.05) is 0 Å². The number of hydrogen-bond acceptors (Lipinski definition) is 4. The minimum atomic E-state index is -0.547. The van der Waals surface area contributed by atoms with E-state index in [2.05, 4.69) is 31.4 Å². The third-order valence-electron chi connectivity index (χ3n) is 1.33. The Morgan fingerprint density at radius 1 is 1.33 bits per heavy atom. The molecule has 9 heteroatoms. The quantitative estimate of drug-likeness (QED) is 0.213. The van der Waals surface area contributed by atoms with Crippen molar-refractivity contribution in [2.24, 2.45) is 11.5 Å². The van der Waals surface area contributed by atoms with Gasteiger partial charge in [-0.3, -0.25) is 20.2 Å². The molecule has 0 saturated carbocycles. The van der Waals surface area contributed by atoms with E-state index in [9.17, 15) is 9.59 Å². The number of nitrogens with one attached hydrogen (secondary N) is 4. The third-order valence-corrected chi connectivity index (χ3v) is 1.33. The fourth-order valence-electron chi connectivity index (χ4n) is 0.867. The van der Waals surface area contributed by atoms with Crippen molar-refractivity contribution in [3.8, 4) is 0 Å². The van der Waals surface area contributed by atoms with Gasteiger partial charge in [0.25, 0.3) is 5.56 Å². The highest BCUT2D eigenvalue weighted by atomic mass is 16.2. The molecule has 2 aromatic rings. The molecule has 0 bridgehead atoms. The molecule has 2 rings (SSSR count). The van der Waals surface area contributed by atoms with Gasteiger partial charge in [-0.25, -0.2) is 9.78 Å². The molecule has 0 aliphatic carbocycles.